The van der Waals surface area contributed by atoms with Crippen molar-refractivity contribution in [3.05, 3.63) is 0 Å². The molecule has 0 aliphatic heterocycles. The number of aliphatic carboxylic acids is 1. The van der Waals surface area contributed by atoms with E-state index in [0.29, 0.717) is 12.8 Å². The standard InChI is InChI=1S/C23H47NO2/c1-3-5-7-9-11-12-13-15-17-19-21-23(24,22(25)26)20-18-16-14-10-8-6-4-2/h3-21,24H2,1-2H3,(H,25,26). The molecule has 0 spiro atoms. The molecule has 0 aromatic heterocycles. The molecular formula is C23H47NO2. The first kappa shape index (κ1) is 25.4. The van der Waals surface area contributed by atoms with Gasteiger partial charge in [-0.05, 0) is 12.8 Å². The highest BCUT2D eigenvalue weighted by atomic mass is 16.4. The van der Waals surface area contributed by atoms with E-state index < -0.39 is 11.5 Å². The molecule has 0 aliphatic carbocycles. The van der Waals surface area contributed by atoms with Crippen molar-refractivity contribution >= 4 is 5.97 Å². The van der Waals surface area contributed by atoms with Crippen molar-refractivity contribution < 1.29 is 9.90 Å². The Kier molecular flexibility index (Phi) is 17.4. The molecule has 0 rings (SSSR count). The van der Waals surface area contributed by atoms with Gasteiger partial charge in [0.25, 0.3) is 0 Å². The zero-order chi connectivity index (χ0) is 19.5. The van der Waals surface area contributed by atoms with Gasteiger partial charge in [-0.2, -0.15) is 0 Å². The van der Waals surface area contributed by atoms with E-state index >= 15 is 0 Å². The lowest BCUT2D eigenvalue weighted by molar-refractivity contribution is -0.144. The van der Waals surface area contributed by atoms with Gasteiger partial charge >= 0.3 is 5.97 Å². The Balaban J connectivity index is 3.68. The van der Waals surface area contributed by atoms with Gasteiger partial charge in [0.15, 0.2) is 0 Å². The number of nitrogens with two attached hydrogens (primary N) is 1. The number of carboxylic acids is 1. The first-order valence-electron chi connectivity index (χ1n) is 11.6. The molecule has 26 heavy (non-hydrogen) atoms. The second-order valence-electron chi connectivity index (χ2n) is 8.26. The zero-order valence-corrected chi connectivity index (χ0v) is 17.9. The average Bonchev–Trinajstić information content (AvgIpc) is 2.62. The van der Waals surface area contributed by atoms with E-state index in [-0.39, 0.29) is 0 Å². The fourth-order valence-electron chi connectivity index (χ4n) is 3.66. The third-order valence-electron chi connectivity index (χ3n) is 5.63. The molecule has 0 saturated heterocycles. The molecule has 0 fully saturated rings. The van der Waals surface area contributed by atoms with Gasteiger partial charge in [0.1, 0.15) is 5.54 Å². The van der Waals surface area contributed by atoms with Gasteiger partial charge < -0.3 is 10.8 Å². The summed E-state index contributed by atoms with van der Waals surface area (Å²) in [6.45, 7) is 4.48. The van der Waals surface area contributed by atoms with Crippen LogP contribution in [0.25, 0.3) is 0 Å². The van der Waals surface area contributed by atoms with Gasteiger partial charge in [-0.3, -0.25) is 4.79 Å². The van der Waals surface area contributed by atoms with Crippen molar-refractivity contribution in [2.24, 2.45) is 5.73 Å². The molecule has 1 unspecified atom stereocenters. The second-order valence-corrected chi connectivity index (χ2v) is 8.26. The topological polar surface area (TPSA) is 63.3 Å². The summed E-state index contributed by atoms with van der Waals surface area (Å²) in [7, 11) is 0. The fourth-order valence-corrected chi connectivity index (χ4v) is 3.66. The van der Waals surface area contributed by atoms with E-state index in [4.69, 9.17) is 5.73 Å². The molecule has 0 aliphatic rings. The number of hydrogen-bond donors (Lipinski definition) is 2. The van der Waals surface area contributed by atoms with Crippen LogP contribution in [0.4, 0.5) is 0 Å². The first-order chi connectivity index (χ1) is 12.6. The van der Waals surface area contributed by atoms with E-state index in [1.54, 1.807) is 0 Å². The highest BCUT2D eigenvalue weighted by Crippen LogP contribution is 2.22. The Morgan fingerprint density at radius 3 is 1.15 bits per heavy atom. The van der Waals surface area contributed by atoms with Crippen LogP contribution in [0.15, 0.2) is 0 Å². The highest BCUT2D eigenvalue weighted by Gasteiger charge is 2.32. The summed E-state index contributed by atoms with van der Waals surface area (Å²) in [5.41, 5.74) is 5.22. The second kappa shape index (κ2) is 17.8. The van der Waals surface area contributed by atoms with Crippen molar-refractivity contribution in [3.63, 3.8) is 0 Å². The van der Waals surface area contributed by atoms with Crippen LogP contribution in [0.2, 0.25) is 0 Å². The number of rotatable bonds is 20. The quantitative estimate of drug-likeness (QED) is 0.223. The summed E-state index contributed by atoms with van der Waals surface area (Å²) >= 11 is 0. The molecule has 0 saturated carbocycles. The van der Waals surface area contributed by atoms with Crippen LogP contribution in [0, 0.1) is 0 Å². The first-order valence-corrected chi connectivity index (χ1v) is 11.6. The Labute approximate surface area is 163 Å². The summed E-state index contributed by atoms with van der Waals surface area (Å²) < 4.78 is 0. The maximum atomic E-state index is 11.6. The van der Waals surface area contributed by atoms with E-state index in [1.807, 2.05) is 0 Å². The molecule has 0 aromatic rings. The SMILES string of the molecule is CCCCCCCCCCCCC(N)(CCCCCCCCC)C(=O)O. The van der Waals surface area contributed by atoms with Crippen molar-refractivity contribution in [3.8, 4) is 0 Å². The average molecular weight is 370 g/mol. The van der Waals surface area contributed by atoms with Crippen LogP contribution in [-0.2, 0) is 4.79 Å². The van der Waals surface area contributed by atoms with Crippen molar-refractivity contribution in [2.45, 2.75) is 141 Å². The van der Waals surface area contributed by atoms with Gasteiger partial charge in [-0.25, -0.2) is 0 Å². The molecule has 3 nitrogen and oxygen atoms in total. The molecular weight excluding hydrogens is 322 g/mol. The lowest BCUT2D eigenvalue weighted by Gasteiger charge is -2.24. The predicted molar refractivity (Wildman–Crippen MR) is 114 cm³/mol. The molecule has 3 heteroatoms. The van der Waals surface area contributed by atoms with Crippen LogP contribution >= 0.6 is 0 Å². The molecule has 0 heterocycles. The van der Waals surface area contributed by atoms with Crippen LogP contribution in [0.3, 0.4) is 0 Å². The maximum Gasteiger partial charge on any atom is 0.323 e. The van der Waals surface area contributed by atoms with Gasteiger partial charge in [0, 0.05) is 0 Å². The molecule has 0 aromatic carbocycles. The predicted octanol–water partition coefficient (Wildman–Crippen LogP) is 7.22. The van der Waals surface area contributed by atoms with Crippen LogP contribution < -0.4 is 5.73 Å². The normalized spacial score (nSPS) is 13.7. The molecule has 156 valence electrons. The number of carboxylic acid groups (broad SMARTS) is 1. The Morgan fingerprint density at radius 2 is 0.885 bits per heavy atom. The minimum Gasteiger partial charge on any atom is -0.480 e. The minimum atomic E-state index is -0.996. The van der Waals surface area contributed by atoms with E-state index in [0.717, 1.165) is 25.7 Å². The Morgan fingerprint density at radius 1 is 0.615 bits per heavy atom. The van der Waals surface area contributed by atoms with Crippen LogP contribution in [0.5, 0.6) is 0 Å². The Hall–Kier alpha value is -0.570. The fraction of sp³-hybridized carbons (Fsp3) is 0.957. The number of unbranched alkanes of at least 4 members (excludes halogenated alkanes) is 15. The summed E-state index contributed by atoms with van der Waals surface area (Å²) in [6.07, 6.45) is 22.4. The lowest BCUT2D eigenvalue weighted by atomic mass is 9.87. The Bertz CT molecular complexity index is 319. The molecule has 1 atom stereocenters. The van der Waals surface area contributed by atoms with Gasteiger partial charge in [-0.1, -0.05) is 123 Å². The smallest absolute Gasteiger partial charge is 0.323 e. The van der Waals surface area contributed by atoms with E-state index in [1.165, 1.54) is 83.5 Å². The van der Waals surface area contributed by atoms with Crippen molar-refractivity contribution in [2.75, 3.05) is 0 Å². The summed E-state index contributed by atoms with van der Waals surface area (Å²) in [4.78, 5) is 11.6. The third kappa shape index (κ3) is 14.6. The third-order valence-corrected chi connectivity index (χ3v) is 5.63. The van der Waals surface area contributed by atoms with Crippen molar-refractivity contribution in [1.29, 1.82) is 0 Å². The lowest BCUT2D eigenvalue weighted by Crippen LogP contribution is -2.47. The van der Waals surface area contributed by atoms with Gasteiger partial charge in [0.2, 0.25) is 0 Å². The van der Waals surface area contributed by atoms with Gasteiger partial charge in [-0.15, -0.1) is 0 Å². The summed E-state index contributed by atoms with van der Waals surface area (Å²) in [6, 6.07) is 0. The molecule has 0 bridgehead atoms. The monoisotopic (exact) mass is 369 g/mol. The summed E-state index contributed by atoms with van der Waals surface area (Å²) in [5, 5.41) is 9.52. The van der Waals surface area contributed by atoms with Crippen molar-refractivity contribution in [1.82, 2.24) is 0 Å². The summed E-state index contributed by atoms with van der Waals surface area (Å²) in [5.74, 6) is -0.806. The molecule has 0 amide bonds. The van der Waals surface area contributed by atoms with E-state index in [2.05, 4.69) is 13.8 Å². The highest BCUT2D eigenvalue weighted by molar-refractivity contribution is 5.78. The zero-order valence-electron chi connectivity index (χ0n) is 17.9. The molecule has 3 N–H and O–H groups in total. The van der Waals surface area contributed by atoms with Gasteiger partial charge in [0.05, 0.1) is 0 Å². The van der Waals surface area contributed by atoms with Crippen LogP contribution in [-0.4, -0.2) is 16.6 Å². The number of carbonyl (C=O) groups is 1. The van der Waals surface area contributed by atoms with Crippen LogP contribution in [0.1, 0.15) is 136 Å². The maximum absolute atomic E-state index is 11.6. The minimum absolute atomic E-state index is 0.632. The number of hydrogen-bond acceptors (Lipinski definition) is 2. The largest absolute Gasteiger partial charge is 0.480 e. The molecule has 0 radical (unpaired) electrons. The van der Waals surface area contributed by atoms with E-state index in [9.17, 15) is 9.90 Å².